The molecule has 0 bridgehead atoms. The van der Waals surface area contributed by atoms with Gasteiger partial charge in [-0.1, -0.05) is 17.9 Å². The minimum absolute atomic E-state index is 0.0336. The van der Waals surface area contributed by atoms with E-state index in [0.29, 0.717) is 5.92 Å². The number of H-pyrrole nitrogens is 1. The van der Waals surface area contributed by atoms with E-state index in [2.05, 4.69) is 43.6 Å². The summed E-state index contributed by atoms with van der Waals surface area (Å²) in [5.41, 5.74) is 2.78. The van der Waals surface area contributed by atoms with Crippen LogP contribution in [0.1, 0.15) is 49.4 Å². The molecule has 4 aromatic rings. The van der Waals surface area contributed by atoms with E-state index in [4.69, 9.17) is 4.98 Å². The van der Waals surface area contributed by atoms with Gasteiger partial charge < -0.3 is 9.80 Å². The van der Waals surface area contributed by atoms with Crippen LogP contribution in [0, 0.1) is 30.3 Å². The van der Waals surface area contributed by atoms with Crippen LogP contribution in [0.15, 0.2) is 18.2 Å². The number of aromatic nitrogens is 7. The molecule has 0 radical (unpaired) electrons. The summed E-state index contributed by atoms with van der Waals surface area (Å²) < 4.78 is 43.3. The first-order valence-electron chi connectivity index (χ1n) is 12.5. The van der Waals surface area contributed by atoms with Crippen molar-refractivity contribution in [3.8, 4) is 0 Å². The summed E-state index contributed by atoms with van der Waals surface area (Å²) in [6, 6.07) is 4.03. The Labute approximate surface area is 212 Å². The molecular weight excluding hydrogens is 483 g/mol. The van der Waals surface area contributed by atoms with Crippen LogP contribution in [-0.2, 0) is 20.1 Å². The lowest BCUT2D eigenvalue weighted by molar-refractivity contribution is 0.445. The number of nitrogens with one attached hydrogen (secondary N) is 1. The molecule has 0 aliphatic heterocycles. The highest BCUT2D eigenvalue weighted by Gasteiger charge is 2.24. The summed E-state index contributed by atoms with van der Waals surface area (Å²) in [4.78, 5) is 9.08. The highest BCUT2D eigenvalue weighted by Crippen LogP contribution is 2.31. The minimum Gasteiger partial charge on any atom is -0.356 e. The van der Waals surface area contributed by atoms with Gasteiger partial charge in [-0.25, -0.2) is 18.2 Å². The first kappa shape index (κ1) is 25.0. The number of nitrogens with zero attached hydrogens (tertiary/aromatic N) is 8. The van der Waals surface area contributed by atoms with Crippen molar-refractivity contribution in [1.82, 2.24) is 35.4 Å². The van der Waals surface area contributed by atoms with Crippen LogP contribution >= 0.6 is 0 Å². The van der Waals surface area contributed by atoms with Gasteiger partial charge >= 0.3 is 0 Å². The Morgan fingerprint density at radius 1 is 1.05 bits per heavy atom. The zero-order valence-corrected chi connectivity index (χ0v) is 21.2. The molecule has 5 rings (SSSR count). The van der Waals surface area contributed by atoms with E-state index in [0.717, 1.165) is 53.3 Å². The van der Waals surface area contributed by atoms with Crippen molar-refractivity contribution in [2.24, 2.45) is 13.0 Å². The number of hydrogen-bond acceptors (Lipinski definition) is 7. The molecule has 0 spiro atoms. The second-order valence-corrected chi connectivity index (χ2v) is 9.68. The maximum absolute atomic E-state index is 14.0. The maximum Gasteiger partial charge on any atom is 0.266 e. The number of halogens is 3. The van der Waals surface area contributed by atoms with E-state index in [1.54, 1.807) is 9.58 Å². The molecule has 3 heterocycles. The highest BCUT2D eigenvalue weighted by molar-refractivity contribution is 5.81. The van der Waals surface area contributed by atoms with Crippen molar-refractivity contribution in [3.63, 3.8) is 0 Å². The van der Waals surface area contributed by atoms with Crippen LogP contribution in [-0.4, -0.2) is 48.5 Å². The van der Waals surface area contributed by atoms with Gasteiger partial charge in [-0.3, -0.25) is 4.68 Å². The second kappa shape index (κ2) is 10.3. The SMILES string of the molecule is CCN(CC1CCCC1)c1nc2c(cc1CN(Cc1cc(F)c(F)c(F)c1)c1nn[nH]n1)c(C)nn2C. The molecule has 0 atom stereocenters. The maximum atomic E-state index is 14.0. The first-order valence-corrected chi connectivity index (χ1v) is 12.5. The predicted octanol–water partition coefficient (Wildman–Crippen LogP) is 4.43. The molecule has 12 heteroatoms. The largest absolute Gasteiger partial charge is 0.356 e. The summed E-state index contributed by atoms with van der Waals surface area (Å²) in [6.07, 6.45) is 4.91. The van der Waals surface area contributed by atoms with Gasteiger partial charge in [0.2, 0.25) is 0 Å². The first-order chi connectivity index (χ1) is 17.8. The molecule has 196 valence electrons. The van der Waals surface area contributed by atoms with Gasteiger partial charge in [0.15, 0.2) is 23.1 Å². The summed E-state index contributed by atoms with van der Waals surface area (Å²) in [5.74, 6) is -2.30. The van der Waals surface area contributed by atoms with Gasteiger partial charge in [0, 0.05) is 44.2 Å². The van der Waals surface area contributed by atoms with E-state index in [1.807, 2.05) is 14.0 Å². The van der Waals surface area contributed by atoms with E-state index in [-0.39, 0.29) is 24.6 Å². The van der Waals surface area contributed by atoms with E-state index < -0.39 is 17.5 Å². The molecule has 1 aromatic carbocycles. The van der Waals surface area contributed by atoms with Crippen LogP contribution in [0.25, 0.3) is 11.0 Å². The van der Waals surface area contributed by atoms with E-state index in [1.165, 1.54) is 25.7 Å². The third kappa shape index (κ3) is 5.09. The fraction of sp³-hybridized carbons (Fsp3) is 0.480. The Morgan fingerprint density at radius 2 is 1.78 bits per heavy atom. The fourth-order valence-corrected chi connectivity index (χ4v) is 5.25. The number of anilines is 2. The second-order valence-electron chi connectivity index (χ2n) is 9.68. The van der Waals surface area contributed by atoms with Crippen LogP contribution in [0.3, 0.4) is 0 Å². The van der Waals surface area contributed by atoms with Crippen molar-refractivity contribution >= 4 is 22.8 Å². The molecule has 0 amide bonds. The quantitative estimate of drug-likeness (QED) is 0.331. The Kier molecular flexibility index (Phi) is 6.98. The summed E-state index contributed by atoms with van der Waals surface area (Å²) in [7, 11) is 1.88. The number of benzene rings is 1. The lowest BCUT2D eigenvalue weighted by Crippen LogP contribution is -2.32. The summed E-state index contributed by atoms with van der Waals surface area (Å²) in [6.45, 7) is 6.04. The topological polar surface area (TPSA) is 91.7 Å². The molecular formula is C25H30F3N9. The zero-order chi connectivity index (χ0) is 26.1. The van der Waals surface area contributed by atoms with Crippen molar-refractivity contribution in [2.75, 3.05) is 22.9 Å². The molecule has 0 saturated heterocycles. The molecule has 3 aromatic heterocycles. The Bertz CT molecular complexity index is 1360. The number of fused-ring (bicyclic) bond motifs is 1. The van der Waals surface area contributed by atoms with Crippen LogP contribution in [0.2, 0.25) is 0 Å². The van der Waals surface area contributed by atoms with Crippen LogP contribution in [0.4, 0.5) is 24.9 Å². The molecule has 9 nitrogen and oxygen atoms in total. The van der Waals surface area contributed by atoms with E-state index >= 15 is 0 Å². The predicted molar refractivity (Wildman–Crippen MR) is 133 cm³/mol. The van der Waals surface area contributed by atoms with Crippen molar-refractivity contribution in [1.29, 1.82) is 0 Å². The molecule has 37 heavy (non-hydrogen) atoms. The molecule has 1 aliphatic carbocycles. The van der Waals surface area contributed by atoms with Crippen molar-refractivity contribution in [3.05, 3.63) is 52.5 Å². The third-order valence-electron chi connectivity index (χ3n) is 7.08. The number of hydrogen-bond donors (Lipinski definition) is 1. The number of pyridine rings is 1. The van der Waals surface area contributed by atoms with Crippen molar-refractivity contribution in [2.45, 2.75) is 52.6 Å². The zero-order valence-electron chi connectivity index (χ0n) is 21.2. The van der Waals surface area contributed by atoms with Crippen molar-refractivity contribution < 1.29 is 13.2 Å². The Morgan fingerprint density at radius 3 is 2.43 bits per heavy atom. The summed E-state index contributed by atoms with van der Waals surface area (Å²) >= 11 is 0. The molecule has 1 aliphatic rings. The average Bonchev–Trinajstić information content (AvgIpc) is 3.64. The number of rotatable bonds is 9. The van der Waals surface area contributed by atoms with Gasteiger partial charge in [-0.05, 0) is 61.6 Å². The molecule has 0 unspecified atom stereocenters. The summed E-state index contributed by atoms with van der Waals surface area (Å²) in [5, 5.41) is 19.8. The Balaban J connectivity index is 1.56. The number of tetrazole rings is 1. The van der Waals surface area contributed by atoms with E-state index in [9.17, 15) is 13.2 Å². The minimum atomic E-state index is -1.50. The average molecular weight is 514 g/mol. The van der Waals surface area contributed by atoms with Gasteiger partial charge in [0.25, 0.3) is 5.95 Å². The Hall–Kier alpha value is -3.70. The lowest BCUT2D eigenvalue weighted by Gasteiger charge is -2.29. The van der Waals surface area contributed by atoms with Gasteiger partial charge in [0.05, 0.1) is 5.69 Å². The fourth-order valence-electron chi connectivity index (χ4n) is 5.25. The van der Waals surface area contributed by atoms with Gasteiger partial charge in [0.1, 0.15) is 5.82 Å². The number of aryl methyl sites for hydroxylation is 2. The smallest absolute Gasteiger partial charge is 0.266 e. The van der Waals surface area contributed by atoms with Crippen LogP contribution < -0.4 is 9.80 Å². The molecule has 1 fully saturated rings. The standard InChI is InChI=1S/C25H30F3N9/c1-4-36(12-16-7-5-6-8-16)23-18(11-19-15(2)32-35(3)24(19)29-23)14-37(25-30-33-34-31-25)13-17-9-20(26)22(28)21(27)10-17/h9-11,16H,4-8,12-14H2,1-3H3,(H,30,31,33,34). The molecule has 1 N–H and O–H groups in total. The van der Waals surface area contributed by atoms with Gasteiger partial charge in [-0.2, -0.15) is 10.3 Å². The van der Waals surface area contributed by atoms with Gasteiger partial charge in [-0.15, -0.1) is 5.10 Å². The lowest BCUT2D eigenvalue weighted by atomic mass is 10.1. The number of aromatic amines is 1. The van der Waals surface area contributed by atoms with Crippen LogP contribution in [0.5, 0.6) is 0 Å². The third-order valence-corrected chi connectivity index (χ3v) is 7.08. The highest BCUT2D eigenvalue weighted by atomic mass is 19.2. The monoisotopic (exact) mass is 513 g/mol. The normalized spacial score (nSPS) is 14.1. The molecule has 1 saturated carbocycles.